The molecule has 1 aromatic rings. The molecule has 2 N–H and O–H groups in total. The maximum absolute atomic E-state index is 5.86. The second-order valence-electron chi connectivity index (χ2n) is 3.81. The monoisotopic (exact) mass is 282 g/mol. The van der Waals surface area contributed by atoms with Gasteiger partial charge in [-0.3, -0.25) is 9.98 Å². The normalized spacial score (nSPS) is 20.0. The van der Waals surface area contributed by atoms with Crippen molar-refractivity contribution in [3.63, 3.8) is 0 Å². The van der Waals surface area contributed by atoms with Crippen molar-refractivity contribution in [3.05, 3.63) is 28.5 Å². The molecule has 16 heavy (non-hydrogen) atoms. The lowest BCUT2D eigenvalue weighted by atomic mass is 10.1. The lowest BCUT2D eigenvalue weighted by molar-refractivity contribution is 0.341. The molecule has 4 nitrogen and oxygen atoms in total. The van der Waals surface area contributed by atoms with Crippen LogP contribution in [0.25, 0.3) is 0 Å². The molecule has 2 rings (SSSR count). The third-order valence-corrected chi connectivity index (χ3v) is 3.12. The fourth-order valence-corrected chi connectivity index (χ4v) is 2.11. The standard InChI is InChI=1S/C11H15BrN4/c1-2-5-16-10(7-15-11(16)13)9-4-3-8(12)6-14-9/h3-4,6,10H,2,5,7H2,1H3,(H2,13,15). The van der Waals surface area contributed by atoms with Crippen molar-refractivity contribution in [2.24, 2.45) is 10.7 Å². The molecule has 86 valence electrons. The molecular formula is C11H15BrN4. The van der Waals surface area contributed by atoms with E-state index in [1.807, 2.05) is 18.3 Å². The minimum Gasteiger partial charge on any atom is -0.370 e. The zero-order valence-electron chi connectivity index (χ0n) is 9.23. The number of aliphatic imine (C=N–C) groups is 1. The molecule has 0 amide bonds. The molecule has 2 heterocycles. The highest BCUT2D eigenvalue weighted by molar-refractivity contribution is 9.10. The molecule has 0 aromatic carbocycles. The highest BCUT2D eigenvalue weighted by atomic mass is 79.9. The Morgan fingerprint density at radius 3 is 3.00 bits per heavy atom. The maximum Gasteiger partial charge on any atom is 0.191 e. The Labute approximate surface area is 104 Å². The molecule has 1 atom stereocenters. The molecule has 0 aliphatic carbocycles. The minimum absolute atomic E-state index is 0.202. The molecule has 1 aliphatic rings. The number of guanidine groups is 1. The smallest absolute Gasteiger partial charge is 0.191 e. The van der Waals surface area contributed by atoms with Crippen molar-refractivity contribution in [1.29, 1.82) is 0 Å². The molecule has 0 radical (unpaired) electrons. The number of pyridine rings is 1. The van der Waals surface area contributed by atoms with E-state index < -0.39 is 0 Å². The lowest BCUT2D eigenvalue weighted by Crippen LogP contribution is -2.36. The number of hydrogen-bond donors (Lipinski definition) is 1. The third-order valence-electron chi connectivity index (χ3n) is 2.65. The average molecular weight is 283 g/mol. The summed E-state index contributed by atoms with van der Waals surface area (Å²) in [6.45, 7) is 3.77. The summed E-state index contributed by atoms with van der Waals surface area (Å²) in [5.41, 5.74) is 6.89. The highest BCUT2D eigenvalue weighted by Gasteiger charge is 2.27. The van der Waals surface area contributed by atoms with Crippen LogP contribution in [0.3, 0.4) is 0 Å². The number of rotatable bonds is 3. The van der Waals surface area contributed by atoms with E-state index in [9.17, 15) is 0 Å². The van der Waals surface area contributed by atoms with Gasteiger partial charge in [0.1, 0.15) is 0 Å². The Hall–Kier alpha value is -1.10. The van der Waals surface area contributed by atoms with E-state index in [0.717, 1.165) is 23.1 Å². The Morgan fingerprint density at radius 2 is 2.38 bits per heavy atom. The molecule has 5 heteroatoms. The summed E-state index contributed by atoms with van der Waals surface area (Å²) in [7, 11) is 0. The summed E-state index contributed by atoms with van der Waals surface area (Å²) in [5, 5.41) is 0. The van der Waals surface area contributed by atoms with Gasteiger partial charge in [-0.15, -0.1) is 0 Å². The highest BCUT2D eigenvalue weighted by Crippen LogP contribution is 2.24. The molecular weight excluding hydrogens is 268 g/mol. The fourth-order valence-electron chi connectivity index (χ4n) is 1.88. The van der Waals surface area contributed by atoms with E-state index in [1.54, 1.807) is 0 Å². The molecule has 0 bridgehead atoms. The molecule has 0 saturated heterocycles. The van der Waals surface area contributed by atoms with Gasteiger partial charge in [-0.1, -0.05) is 6.92 Å². The van der Waals surface area contributed by atoms with Gasteiger partial charge < -0.3 is 10.6 Å². The van der Waals surface area contributed by atoms with E-state index in [4.69, 9.17) is 5.73 Å². The molecule has 0 saturated carbocycles. The van der Waals surface area contributed by atoms with Gasteiger partial charge in [0.15, 0.2) is 5.96 Å². The molecule has 1 aliphatic heterocycles. The lowest BCUT2D eigenvalue weighted by Gasteiger charge is -2.25. The summed E-state index contributed by atoms with van der Waals surface area (Å²) >= 11 is 3.38. The van der Waals surface area contributed by atoms with Crippen LogP contribution < -0.4 is 5.73 Å². The number of nitrogens with zero attached hydrogens (tertiary/aromatic N) is 3. The Bertz CT molecular complexity index is 387. The van der Waals surface area contributed by atoms with Gasteiger partial charge >= 0.3 is 0 Å². The SMILES string of the molecule is CCCN1C(N)=NCC1c1ccc(Br)cn1. The molecule has 0 spiro atoms. The van der Waals surface area contributed by atoms with E-state index >= 15 is 0 Å². The second-order valence-corrected chi connectivity index (χ2v) is 4.73. The summed E-state index contributed by atoms with van der Waals surface area (Å²) in [6.07, 6.45) is 2.87. The number of hydrogen-bond acceptors (Lipinski definition) is 4. The largest absolute Gasteiger partial charge is 0.370 e. The van der Waals surface area contributed by atoms with Crippen LogP contribution in [0.4, 0.5) is 0 Å². The Morgan fingerprint density at radius 1 is 1.56 bits per heavy atom. The van der Waals surface area contributed by atoms with E-state index in [0.29, 0.717) is 12.5 Å². The van der Waals surface area contributed by atoms with Gasteiger partial charge in [0.05, 0.1) is 18.3 Å². The van der Waals surface area contributed by atoms with Crippen molar-refractivity contribution < 1.29 is 0 Å². The van der Waals surface area contributed by atoms with Gasteiger partial charge in [-0.25, -0.2) is 0 Å². The summed E-state index contributed by atoms with van der Waals surface area (Å²) in [6, 6.07) is 4.22. The van der Waals surface area contributed by atoms with Crippen LogP contribution in [0, 0.1) is 0 Å². The van der Waals surface area contributed by atoms with Crippen LogP contribution in [0.5, 0.6) is 0 Å². The van der Waals surface area contributed by atoms with Crippen molar-refractivity contribution in [2.45, 2.75) is 19.4 Å². The predicted octanol–water partition coefficient (Wildman–Crippen LogP) is 1.93. The number of halogens is 1. The first-order chi connectivity index (χ1) is 7.72. The van der Waals surface area contributed by atoms with Crippen molar-refractivity contribution in [1.82, 2.24) is 9.88 Å². The third kappa shape index (κ3) is 2.19. The first-order valence-electron chi connectivity index (χ1n) is 5.40. The van der Waals surface area contributed by atoms with Crippen LogP contribution in [0.1, 0.15) is 25.1 Å². The van der Waals surface area contributed by atoms with E-state index in [-0.39, 0.29) is 6.04 Å². The van der Waals surface area contributed by atoms with Crippen molar-refractivity contribution >= 4 is 21.9 Å². The first-order valence-corrected chi connectivity index (χ1v) is 6.19. The van der Waals surface area contributed by atoms with Gasteiger partial charge in [-0.2, -0.15) is 0 Å². The Kier molecular flexibility index (Phi) is 3.43. The van der Waals surface area contributed by atoms with Crippen molar-refractivity contribution in [2.75, 3.05) is 13.1 Å². The summed E-state index contributed by atoms with van der Waals surface area (Å²) in [4.78, 5) is 10.8. The number of nitrogens with two attached hydrogens (primary N) is 1. The number of aromatic nitrogens is 1. The minimum atomic E-state index is 0.202. The average Bonchev–Trinajstić information content (AvgIpc) is 2.63. The fraction of sp³-hybridized carbons (Fsp3) is 0.455. The van der Waals surface area contributed by atoms with E-state index in [1.165, 1.54) is 0 Å². The van der Waals surface area contributed by atoms with Crippen LogP contribution in [0.2, 0.25) is 0 Å². The van der Waals surface area contributed by atoms with Crippen LogP contribution in [-0.2, 0) is 0 Å². The van der Waals surface area contributed by atoms with Crippen LogP contribution >= 0.6 is 15.9 Å². The van der Waals surface area contributed by atoms with Gasteiger partial charge in [0, 0.05) is 17.2 Å². The summed E-state index contributed by atoms with van der Waals surface area (Å²) < 4.78 is 0.991. The maximum atomic E-state index is 5.86. The molecule has 1 aromatic heterocycles. The van der Waals surface area contributed by atoms with Gasteiger partial charge in [-0.05, 0) is 34.5 Å². The van der Waals surface area contributed by atoms with E-state index in [2.05, 4.69) is 37.7 Å². The van der Waals surface area contributed by atoms with Crippen LogP contribution in [0.15, 0.2) is 27.8 Å². The van der Waals surface area contributed by atoms with Gasteiger partial charge in [0.2, 0.25) is 0 Å². The quantitative estimate of drug-likeness (QED) is 0.922. The molecule has 1 unspecified atom stereocenters. The second kappa shape index (κ2) is 4.82. The first kappa shape index (κ1) is 11.4. The van der Waals surface area contributed by atoms with Crippen LogP contribution in [-0.4, -0.2) is 28.9 Å². The zero-order valence-corrected chi connectivity index (χ0v) is 10.8. The summed E-state index contributed by atoms with van der Waals surface area (Å²) in [5.74, 6) is 0.636. The van der Waals surface area contributed by atoms with Gasteiger partial charge in [0.25, 0.3) is 0 Å². The zero-order chi connectivity index (χ0) is 11.5. The topological polar surface area (TPSA) is 54.5 Å². The Balaban J connectivity index is 2.18. The van der Waals surface area contributed by atoms with Crippen molar-refractivity contribution in [3.8, 4) is 0 Å². The molecule has 0 fully saturated rings. The predicted molar refractivity (Wildman–Crippen MR) is 68.2 cm³/mol.